The molecule has 3 aromatic rings. The van der Waals surface area contributed by atoms with Crippen molar-refractivity contribution in [3.63, 3.8) is 0 Å². The second kappa shape index (κ2) is 11.3. The minimum Gasteiger partial charge on any atom is -0.508 e. The number of piperazine rings is 1. The van der Waals surface area contributed by atoms with E-state index in [1.165, 1.54) is 6.42 Å². The number of aromatic nitrogens is 2. The lowest BCUT2D eigenvalue weighted by atomic mass is 10.1. The Morgan fingerprint density at radius 2 is 1.55 bits per heavy atom. The lowest BCUT2D eigenvalue weighted by Crippen LogP contribution is -2.53. The largest absolute Gasteiger partial charge is 0.508 e. The standard InChI is InChI=1S/C27H34N8O3/c28-24(37)23-25(29-18-19-4-10-22(36)11-5-19)31-32-26(23)30-20-6-8-21(9-7-20)33-14-16-35(17-15-33)27(38)34-12-2-1-3-13-34/h4-11,36H,1-3,12-18H2,(H2,28,37)(H3,29,30,31,32). The van der Waals surface area contributed by atoms with Gasteiger partial charge in [-0.2, -0.15) is 5.10 Å². The highest BCUT2D eigenvalue weighted by molar-refractivity contribution is 6.03. The number of carbonyl (C=O) groups is 2. The molecule has 5 rings (SSSR count). The fraction of sp³-hybridized carbons (Fsp3) is 0.370. The van der Waals surface area contributed by atoms with Gasteiger partial charge in [0.1, 0.15) is 17.1 Å². The summed E-state index contributed by atoms with van der Waals surface area (Å²) in [5.74, 6) is 0.337. The minimum atomic E-state index is -0.608. The van der Waals surface area contributed by atoms with Crippen molar-refractivity contribution in [2.45, 2.75) is 25.8 Å². The number of amides is 3. The molecule has 0 spiro atoms. The van der Waals surface area contributed by atoms with Gasteiger partial charge in [0.2, 0.25) is 0 Å². The van der Waals surface area contributed by atoms with Crippen LogP contribution >= 0.6 is 0 Å². The Hall–Kier alpha value is -4.41. The van der Waals surface area contributed by atoms with Crippen LogP contribution in [0.25, 0.3) is 0 Å². The van der Waals surface area contributed by atoms with Crippen LogP contribution in [0.2, 0.25) is 0 Å². The Balaban J connectivity index is 1.18. The summed E-state index contributed by atoms with van der Waals surface area (Å²) in [5.41, 5.74) is 8.67. The summed E-state index contributed by atoms with van der Waals surface area (Å²) in [6.45, 7) is 5.16. The summed E-state index contributed by atoms with van der Waals surface area (Å²) in [6, 6.07) is 14.9. The molecule has 200 valence electrons. The van der Waals surface area contributed by atoms with Gasteiger partial charge >= 0.3 is 6.03 Å². The molecule has 3 heterocycles. The zero-order valence-corrected chi connectivity index (χ0v) is 21.3. The number of nitrogens with zero attached hydrogens (tertiary/aromatic N) is 4. The van der Waals surface area contributed by atoms with Crippen LogP contribution in [-0.2, 0) is 6.54 Å². The van der Waals surface area contributed by atoms with E-state index < -0.39 is 5.91 Å². The van der Waals surface area contributed by atoms with Crippen LogP contribution < -0.4 is 21.3 Å². The van der Waals surface area contributed by atoms with E-state index in [1.807, 2.05) is 34.1 Å². The first-order chi connectivity index (χ1) is 18.5. The number of rotatable bonds is 7. The van der Waals surface area contributed by atoms with Crippen molar-refractivity contribution >= 4 is 34.9 Å². The number of nitrogens with one attached hydrogen (secondary N) is 3. The maximum absolute atomic E-state index is 12.8. The van der Waals surface area contributed by atoms with Gasteiger partial charge in [-0.05, 0) is 61.2 Å². The van der Waals surface area contributed by atoms with Gasteiger partial charge in [-0.3, -0.25) is 9.89 Å². The lowest BCUT2D eigenvalue weighted by molar-refractivity contribution is 0.100. The molecule has 0 radical (unpaired) electrons. The smallest absolute Gasteiger partial charge is 0.320 e. The highest BCUT2D eigenvalue weighted by atomic mass is 16.3. The molecule has 2 saturated heterocycles. The van der Waals surface area contributed by atoms with Crippen LogP contribution in [0.1, 0.15) is 35.2 Å². The number of anilines is 4. The molecule has 2 aliphatic rings. The highest BCUT2D eigenvalue weighted by Crippen LogP contribution is 2.27. The summed E-state index contributed by atoms with van der Waals surface area (Å²) >= 11 is 0. The van der Waals surface area contributed by atoms with Crippen molar-refractivity contribution in [1.82, 2.24) is 20.0 Å². The number of carbonyl (C=O) groups excluding carboxylic acids is 2. The van der Waals surface area contributed by atoms with Crippen LogP contribution in [0.5, 0.6) is 5.75 Å². The maximum atomic E-state index is 12.8. The van der Waals surface area contributed by atoms with Gasteiger partial charge in [-0.1, -0.05) is 12.1 Å². The summed E-state index contributed by atoms with van der Waals surface area (Å²) in [4.78, 5) is 31.2. The summed E-state index contributed by atoms with van der Waals surface area (Å²) in [5, 5.41) is 22.8. The van der Waals surface area contributed by atoms with Crippen molar-refractivity contribution in [2.75, 3.05) is 54.8 Å². The average Bonchev–Trinajstić information content (AvgIpc) is 3.36. The van der Waals surface area contributed by atoms with Gasteiger partial charge in [0.25, 0.3) is 5.91 Å². The van der Waals surface area contributed by atoms with E-state index in [0.29, 0.717) is 31.3 Å². The molecule has 6 N–H and O–H groups in total. The molecule has 11 nitrogen and oxygen atoms in total. The molecule has 38 heavy (non-hydrogen) atoms. The Labute approximate surface area is 221 Å². The number of primary amides is 1. The van der Waals surface area contributed by atoms with E-state index in [9.17, 15) is 14.7 Å². The van der Waals surface area contributed by atoms with E-state index >= 15 is 0 Å². The fourth-order valence-electron chi connectivity index (χ4n) is 4.94. The Morgan fingerprint density at radius 3 is 2.21 bits per heavy atom. The number of aromatic amines is 1. The summed E-state index contributed by atoms with van der Waals surface area (Å²) < 4.78 is 0. The molecule has 0 saturated carbocycles. The van der Waals surface area contributed by atoms with Gasteiger partial charge in [0.05, 0.1) is 0 Å². The normalized spacial score (nSPS) is 15.8. The number of aromatic hydroxyl groups is 1. The number of likely N-dealkylation sites (tertiary alicyclic amines) is 1. The molecule has 0 aliphatic carbocycles. The first kappa shape index (κ1) is 25.2. The molecule has 11 heteroatoms. The van der Waals surface area contributed by atoms with Crippen molar-refractivity contribution < 1.29 is 14.7 Å². The molecular formula is C27H34N8O3. The van der Waals surface area contributed by atoms with Crippen molar-refractivity contribution in [1.29, 1.82) is 0 Å². The first-order valence-corrected chi connectivity index (χ1v) is 13.0. The molecule has 0 atom stereocenters. The minimum absolute atomic E-state index is 0.171. The number of hydrogen-bond acceptors (Lipinski definition) is 7. The van der Waals surface area contributed by atoms with Gasteiger partial charge in [0.15, 0.2) is 5.82 Å². The molecule has 2 fully saturated rings. The van der Waals surface area contributed by atoms with Gasteiger partial charge < -0.3 is 36.2 Å². The number of phenolic OH excluding ortho intramolecular Hbond substituents is 1. The van der Waals surface area contributed by atoms with Crippen LogP contribution in [0.4, 0.5) is 27.8 Å². The van der Waals surface area contributed by atoms with Crippen LogP contribution in [0.15, 0.2) is 48.5 Å². The number of urea groups is 1. The van der Waals surface area contributed by atoms with Crippen molar-refractivity contribution in [3.05, 3.63) is 59.7 Å². The maximum Gasteiger partial charge on any atom is 0.320 e. The van der Waals surface area contributed by atoms with Gasteiger partial charge in [-0.25, -0.2) is 4.79 Å². The highest BCUT2D eigenvalue weighted by Gasteiger charge is 2.26. The number of piperidine rings is 1. The Kier molecular flexibility index (Phi) is 7.52. The second-order valence-electron chi connectivity index (χ2n) is 9.68. The van der Waals surface area contributed by atoms with E-state index in [4.69, 9.17) is 5.73 Å². The van der Waals surface area contributed by atoms with Crippen molar-refractivity contribution in [3.8, 4) is 5.75 Å². The molecule has 0 bridgehead atoms. The molecule has 2 aliphatic heterocycles. The predicted octanol–water partition coefficient (Wildman–Crippen LogP) is 3.30. The van der Waals surface area contributed by atoms with Crippen LogP contribution in [-0.4, -0.2) is 76.3 Å². The Morgan fingerprint density at radius 1 is 0.895 bits per heavy atom. The van der Waals surface area contributed by atoms with E-state index in [0.717, 1.165) is 56.0 Å². The lowest BCUT2D eigenvalue weighted by Gasteiger charge is -2.39. The summed E-state index contributed by atoms with van der Waals surface area (Å²) in [7, 11) is 0. The molecule has 2 aromatic carbocycles. The second-order valence-corrected chi connectivity index (χ2v) is 9.68. The third kappa shape index (κ3) is 5.77. The number of phenols is 1. The van der Waals surface area contributed by atoms with Gasteiger partial charge in [-0.15, -0.1) is 0 Å². The molecule has 3 amide bonds. The third-order valence-corrected chi connectivity index (χ3v) is 7.09. The van der Waals surface area contributed by atoms with Crippen molar-refractivity contribution in [2.24, 2.45) is 5.73 Å². The van der Waals surface area contributed by atoms with Gasteiger partial charge in [0, 0.05) is 57.2 Å². The molecule has 1 aromatic heterocycles. The van der Waals surface area contributed by atoms with Crippen LogP contribution in [0, 0.1) is 0 Å². The fourth-order valence-corrected chi connectivity index (χ4v) is 4.94. The molecular weight excluding hydrogens is 484 g/mol. The zero-order valence-electron chi connectivity index (χ0n) is 21.3. The number of benzene rings is 2. The quantitative estimate of drug-likeness (QED) is 0.323. The predicted molar refractivity (Wildman–Crippen MR) is 147 cm³/mol. The van der Waals surface area contributed by atoms with E-state index in [-0.39, 0.29) is 17.3 Å². The topological polar surface area (TPSA) is 143 Å². The number of nitrogens with two attached hydrogens (primary N) is 1. The first-order valence-electron chi connectivity index (χ1n) is 13.0. The SMILES string of the molecule is NC(=O)c1c(Nc2ccc(N3CCN(C(=O)N4CCCCC4)CC3)cc2)n[nH]c1NCc1ccc(O)cc1. The van der Waals surface area contributed by atoms with E-state index in [2.05, 4.69) is 25.7 Å². The number of H-pyrrole nitrogens is 1. The average molecular weight is 519 g/mol. The monoisotopic (exact) mass is 518 g/mol. The molecule has 0 unspecified atom stereocenters. The van der Waals surface area contributed by atoms with Crippen LogP contribution in [0.3, 0.4) is 0 Å². The zero-order chi connectivity index (χ0) is 26.5. The Bertz CT molecular complexity index is 1240. The number of hydrogen-bond donors (Lipinski definition) is 5. The summed E-state index contributed by atoms with van der Waals surface area (Å²) in [6.07, 6.45) is 3.41. The van der Waals surface area contributed by atoms with E-state index in [1.54, 1.807) is 24.3 Å². The third-order valence-electron chi connectivity index (χ3n) is 7.09.